The summed E-state index contributed by atoms with van der Waals surface area (Å²) in [6, 6.07) is 9.04. The van der Waals surface area contributed by atoms with Gasteiger partial charge in [0.15, 0.2) is 5.78 Å². The van der Waals surface area contributed by atoms with Gasteiger partial charge in [-0.25, -0.2) is 0 Å². The van der Waals surface area contributed by atoms with Gasteiger partial charge in [0.25, 0.3) is 0 Å². The fourth-order valence-corrected chi connectivity index (χ4v) is 1.81. The van der Waals surface area contributed by atoms with Crippen molar-refractivity contribution < 1.29 is 4.79 Å². The third-order valence-electron chi connectivity index (χ3n) is 2.66. The van der Waals surface area contributed by atoms with Crippen LogP contribution in [0.3, 0.4) is 0 Å². The highest BCUT2D eigenvalue weighted by Crippen LogP contribution is 2.22. The van der Waals surface area contributed by atoms with Gasteiger partial charge in [-0.2, -0.15) is 0 Å². The van der Waals surface area contributed by atoms with E-state index in [2.05, 4.69) is 0 Å². The van der Waals surface area contributed by atoms with Gasteiger partial charge in [-0.1, -0.05) is 42.5 Å². The smallest absolute Gasteiger partial charge is 0.186 e. The van der Waals surface area contributed by atoms with Crippen molar-refractivity contribution in [1.82, 2.24) is 0 Å². The van der Waals surface area contributed by atoms with E-state index in [4.69, 9.17) is 11.5 Å². The fourth-order valence-electron chi connectivity index (χ4n) is 1.81. The van der Waals surface area contributed by atoms with Crippen LogP contribution in [0.5, 0.6) is 0 Å². The molecule has 0 heterocycles. The van der Waals surface area contributed by atoms with Crippen molar-refractivity contribution in [3.8, 4) is 0 Å². The fraction of sp³-hybridized carbons (Fsp3) is 0.154. The first-order valence-electron chi connectivity index (χ1n) is 5.14. The first-order valence-corrected chi connectivity index (χ1v) is 5.14. The lowest BCUT2D eigenvalue weighted by molar-refractivity contribution is 0.0919. The van der Waals surface area contributed by atoms with Crippen LogP contribution < -0.4 is 11.5 Å². The molecule has 0 aromatic heterocycles. The van der Waals surface area contributed by atoms with Gasteiger partial charge in [0.1, 0.15) is 5.54 Å². The number of allylic oxidation sites excluding steroid dienone is 2. The van der Waals surface area contributed by atoms with Gasteiger partial charge in [-0.15, -0.1) is 0 Å². The summed E-state index contributed by atoms with van der Waals surface area (Å²) in [4.78, 5) is 12.2. The molecular formula is C13H14N2O. The van der Waals surface area contributed by atoms with Crippen molar-refractivity contribution >= 4 is 5.78 Å². The lowest BCUT2D eigenvalue weighted by Crippen LogP contribution is -2.48. The van der Waals surface area contributed by atoms with Crippen LogP contribution in [0.1, 0.15) is 16.8 Å². The second-order valence-corrected chi connectivity index (χ2v) is 4.01. The minimum absolute atomic E-state index is 0.0969. The van der Waals surface area contributed by atoms with E-state index in [1.165, 1.54) is 0 Å². The predicted octanol–water partition coefficient (Wildman–Crippen LogP) is 1.37. The molecule has 3 heteroatoms. The molecule has 82 valence electrons. The highest BCUT2D eigenvalue weighted by Gasteiger charge is 2.33. The molecule has 16 heavy (non-hydrogen) atoms. The Morgan fingerprint density at radius 2 is 1.94 bits per heavy atom. The summed E-state index contributed by atoms with van der Waals surface area (Å²) < 4.78 is 0. The summed E-state index contributed by atoms with van der Waals surface area (Å²) in [5.74, 6) is -0.0969. The summed E-state index contributed by atoms with van der Waals surface area (Å²) in [5.41, 5.74) is 12.0. The molecule has 4 N–H and O–H groups in total. The van der Waals surface area contributed by atoms with E-state index in [1.807, 2.05) is 18.2 Å². The van der Waals surface area contributed by atoms with Crippen LogP contribution in [0.25, 0.3) is 0 Å². The quantitative estimate of drug-likeness (QED) is 0.730. The van der Waals surface area contributed by atoms with Crippen molar-refractivity contribution in [3.63, 3.8) is 0 Å². The van der Waals surface area contributed by atoms with Gasteiger partial charge >= 0.3 is 0 Å². The maximum atomic E-state index is 12.2. The van der Waals surface area contributed by atoms with Crippen molar-refractivity contribution in [2.45, 2.75) is 12.0 Å². The maximum Gasteiger partial charge on any atom is 0.186 e. The Hall–Kier alpha value is -1.87. The van der Waals surface area contributed by atoms with E-state index < -0.39 is 5.54 Å². The van der Waals surface area contributed by atoms with Gasteiger partial charge in [0.2, 0.25) is 0 Å². The average Bonchev–Trinajstić information content (AvgIpc) is 2.29. The molecule has 2 rings (SSSR count). The zero-order valence-corrected chi connectivity index (χ0v) is 8.89. The topological polar surface area (TPSA) is 69.1 Å². The lowest BCUT2D eigenvalue weighted by atomic mass is 9.83. The highest BCUT2D eigenvalue weighted by molar-refractivity contribution is 6.04. The van der Waals surface area contributed by atoms with Crippen LogP contribution >= 0.6 is 0 Å². The molecule has 1 unspecified atom stereocenters. The minimum Gasteiger partial charge on any atom is -0.402 e. The first-order chi connectivity index (χ1) is 7.62. The number of carbonyl (C=O) groups is 1. The zero-order valence-electron chi connectivity index (χ0n) is 8.89. The number of nitrogens with two attached hydrogens (primary N) is 2. The monoisotopic (exact) mass is 214 g/mol. The number of Topliss-reactive ketones (excluding diaryl/α,β-unsaturated/α-hetero) is 1. The van der Waals surface area contributed by atoms with E-state index in [1.54, 1.807) is 30.4 Å². The SMILES string of the molecule is NC1=CC=CC(N)(C(=O)c2ccccc2)C1. The normalized spacial score (nSPS) is 23.9. The molecule has 1 atom stereocenters. The summed E-state index contributed by atoms with van der Waals surface area (Å²) in [5, 5.41) is 0. The van der Waals surface area contributed by atoms with Crippen molar-refractivity contribution in [3.05, 3.63) is 59.8 Å². The Labute approximate surface area is 94.4 Å². The van der Waals surface area contributed by atoms with E-state index in [0.29, 0.717) is 17.7 Å². The number of hydrogen-bond acceptors (Lipinski definition) is 3. The van der Waals surface area contributed by atoms with E-state index in [9.17, 15) is 4.79 Å². The molecule has 0 fully saturated rings. The molecule has 1 aliphatic carbocycles. The van der Waals surface area contributed by atoms with E-state index in [-0.39, 0.29) is 5.78 Å². The molecule has 1 aromatic rings. The molecule has 0 spiro atoms. The largest absolute Gasteiger partial charge is 0.402 e. The highest BCUT2D eigenvalue weighted by atomic mass is 16.1. The molecule has 1 aromatic carbocycles. The van der Waals surface area contributed by atoms with Crippen molar-refractivity contribution in [1.29, 1.82) is 0 Å². The van der Waals surface area contributed by atoms with Gasteiger partial charge in [-0.05, 0) is 6.08 Å². The van der Waals surface area contributed by atoms with E-state index >= 15 is 0 Å². The number of carbonyl (C=O) groups excluding carboxylic acids is 1. The summed E-state index contributed by atoms with van der Waals surface area (Å²) >= 11 is 0. The maximum absolute atomic E-state index is 12.2. The lowest BCUT2D eigenvalue weighted by Gasteiger charge is -2.26. The number of benzene rings is 1. The Balaban J connectivity index is 2.30. The van der Waals surface area contributed by atoms with Gasteiger partial charge in [0.05, 0.1) is 0 Å². The van der Waals surface area contributed by atoms with Crippen LogP contribution in [0.4, 0.5) is 0 Å². The van der Waals surface area contributed by atoms with Crippen molar-refractivity contribution in [2.75, 3.05) is 0 Å². The van der Waals surface area contributed by atoms with Crippen LogP contribution in [0.15, 0.2) is 54.3 Å². The average molecular weight is 214 g/mol. The van der Waals surface area contributed by atoms with Gasteiger partial charge in [0, 0.05) is 17.7 Å². The Morgan fingerprint density at radius 1 is 1.25 bits per heavy atom. The predicted molar refractivity (Wildman–Crippen MR) is 63.7 cm³/mol. The number of ketones is 1. The Kier molecular flexibility index (Phi) is 2.62. The molecule has 0 saturated heterocycles. The van der Waals surface area contributed by atoms with Crippen LogP contribution in [0, 0.1) is 0 Å². The summed E-state index contributed by atoms with van der Waals surface area (Å²) in [6.07, 6.45) is 5.58. The molecule has 3 nitrogen and oxygen atoms in total. The summed E-state index contributed by atoms with van der Waals surface area (Å²) in [6.45, 7) is 0. The second-order valence-electron chi connectivity index (χ2n) is 4.01. The number of rotatable bonds is 2. The van der Waals surface area contributed by atoms with Gasteiger partial charge < -0.3 is 11.5 Å². The third-order valence-corrected chi connectivity index (χ3v) is 2.66. The second kappa shape index (κ2) is 3.94. The van der Waals surface area contributed by atoms with Crippen molar-refractivity contribution in [2.24, 2.45) is 11.5 Å². The molecular weight excluding hydrogens is 200 g/mol. The Morgan fingerprint density at radius 3 is 2.56 bits per heavy atom. The standard InChI is InChI=1S/C13H14N2O/c14-11-7-4-8-13(15,9-11)12(16)10-5-2-1-3-6-10/h1-8H,9,14-15H2. The molecule has 0 aliphatic heterocycles. The summed E-state index contributed by atoms with van der Waals surface area (Å²) in [7, 11) is 0. The molecule has 0 radical (unpaired) electrons. The zero-order chi connectivity index (χ0) is 11.6. The molecule has 0 amide bonds. The third kappa shape index (κ3) is 1.90. The Bertz CT molecular complexity index is 462. The van der Waals surface area contributed by atoms with Gasteiger partial charge in [-0.3, -0.25) is 4.79 Å². The van der Waals surface area contributed by atoms with E-state index in [0.717, 1.165) is 0 Å². The van der Waals surface area contributed by atoms with Crippen LogP contribution in [0.2, 0.25) is 0 Å². The molecule has 0 saturated carbocycles. The minimum atomic E-state index is -1.000. The van der Waals surface area contributed by atoms with Crippen LogP contribution in [-0.4, -0.2) is 11.3 Å². The molecule has 1 aliphatic rings. The number of hydrogen-bond donors (Lipinski definition) is 2. The first kappa shape index (κ1) is 10.6. The van der Waals surface area contributed by atoms with Crippen LogP contribution in [-0.2, 0) is 0 Å². The molecule has 0 bridgehead atoms.